The van der Waals surface area contributed by atoms with E-state index in [-0.39, 0.29) is 29.5 Å². The first-order valence-corrected chi connectivity index (χ1v) is 10.3. The second-order valence-corrected chi connectivity index (χ2v) is 7.88. The van der Waals surface area contributed by atoms with Gasteiger partial charge in [-0.3, -0.25) is 9.59 Å². The molecule has 160 valence electrons. The molecule has 2 amide bonds. The van der Waals surface area contributed by atoms with Crippen molar-refractivity contribution in [1.82, 2.24) is 10.2 Å². The number of ether oxygens (including phenoxy) is 1. The molecule has 1 N–H and O–H groups in total. The second-order valence-electron chi connectivity index (χ2n) is 7.88. The maximum atomic E-state index is 13.8. The van der Waals surface area contributed by atoms with Crippen LogP contribution in [0.1, 0.15) is 29.0 Å². The topological polar surface area (TPSA) is 58.6 Å². The van der Waals surface area contributed by atoms with Crippen molar-refractivity contribution in [2.24, 2.45) is 5.92 Å². The molecule has 0 bridgehead atoms. The summed E-state index contributed by atoms with van der Waals surface area (Å²) in [7, 11) is 1.59. The molecule has 5 nitrogen and oxygen atoms in total. The zero-order valence-corrected chi connectivity index (χ0v) is 17.6. The van der Waals surface area contributed by atoms with Crippen LogP contribution in [0.15, 0.2) is 48.5 Å². The number of amides is 2. The predicted molar refractivity (Wildman–Crippen MR) is 114 cm³/mol. The lowest BCUT2D eigenvalue weighted by atomic mass is 9.83. The molecular weight excluding hydrogens is 383 g/mol. The minimum absolute atomic E-state index is 0.000532. The quantitative estimate of drug-likeness (QED) is 0.711. The average molecular weight is 413 g/mol. The fraction of sp³-hybridized carbons (Fsp3) is 0.417. The smallest absolute Gasteiger partial charge is 0.227 e. The van der Waals surface area contributed by atoms with Gasteiger partial charge in [-0.2, -0.15) is 0 Å². The first-order chi connectivity index (χ1) is 14.5. The molecule has 2 atom stereocenters. The Bertz CT molecular complexity index is 872. The first-order valence-electron chi connectivity index (χ1n) is 10.3. The first kappa shape index (κ1) is 22.0. The number of halogens is 1. The molecule has 0 saturated carbocycles. The summed E-state index contributed by atoms with van der Waals surface area (Å²) in [4.78, 5) is 27.5. The van der Waals surface area contributed by atoms with Gasteiger partial charge in [0.2, 0.25) is 11.8 Å². The van der Waals surface area contributed by atoms with E-state index in [9.17, 15) is 14.0 Å². The van der Waals surface area contributed by atoms with Gasteiger partial charge in [-0.05, 0) is 36.1 Å². The number of benzene rings is 2. The number of likely N-dealkylation sites (tertiary alicyclic amines) is 1. The van der Waals surface area contributed by atoms with Crippen LogP contribution in [0.2, 0.25) is 0 Å². The van der Waals surface area contributed by atoms with Crippen molar-refractivity contribution in [2.75, 3.05) is 33.4 Å². The molecule has 0 spiro atoms. The Labute approximate surface area is 177 Å². The Balaban J connectivity index is 1.77. The van der Waals surface area contributed by atoms with Crippen molar-refractivity contribution in [3.63, 3.8) is 0 Å². The number of nitrogens with zero attached hydrogens (tertiary/aromatic N) is 1. The molecule has 6 heteroatoms. The van der Waals surface area contributed by atoms with E-state index in [0.717, 1.165) is 11.1 Å². The monoisotopic (exact) mass is 412 g/mol. The second kappa shape index (κ2) is 10.3. The molecule has 2 aromatic carbocycles. The normalized spacial score (nSPS) is 18.8. The molecule has 3 rings (SSSR count). The van der Waals surface area contributed by atoms with Gasteiger partial charge in [-0.25, -0.2) is 4.39 Å². The average Bonchev–Trinajstić information content (AvgIpc) is 2.76. The minimum atomic E-state index is -0.314. The van der Waals surface area contributed by atoms with Crippen LogP contribution >= 0.6 is 0 Å². The van der Waals surface area contributed by atoms with Crippen LogP contribution in [0, 0.1) is 18.7 Å². The van der Waals surface area contributed by atoms with Gasteiger partial charge in [-0.1, -0.05) is 42.5 Å². The molecule has 1 aliphatic heterocycles. The number of methoxy groups -OCH3 is 1. The molecule has 30 heavy (non-hydrogen) atoms. The molecule has 1 heterocycles. The van der Waals surface area contributed by atoms with Crippen molar-refractivity contribution in [2.45, 2.75) is 25.7 Å². The summed E-state index contributed by atoms with van der Waals surface area (Å²) < 4.78 is 18.8. The SMILES string of the molecule is COCCNC(=O)[C@@H]1C[C@H](c2ccc(F)c(C)c2)CN(C(=O)Cc2ccccc2)C1. The van der Waals surface area contributed by atoms with Crippen molar-refractivity contribution in [3.8, 4) is 0 Å². The predicted octanol–water partition coefficient (Wildman–Crippen LogP) is 3.07. The number of rotatable bonds is 7. The standard InChI is InChI=1S/C24H29FN2O3/c1-17-12-19(8-9-22(17)25)20-14-21(24(29)26-10-11-30-2)16-27(15-20)23(28)13-18-6-4-3-5-7-18/h3-9,12,20-21H,10-11,13-16H2,1-2H3,(H,26,29)/t20-,21+/m0/s1. The van der Waals surface area contributed by atoms with Crippen LogP contribution in [-0.4, -0.2) is 50.1 Å². The third-order valence-corrected chi connectivity index (χ3v) is 5.63. The van der Waals surface area contributed by atoms with Gasteiger partial charge >= 0.3 is 0 Å². The van der Waals surface area contributed by atoms with Crippen molar-refractivity contribution < 1.29 is 18.7 Å². The highest BCUT2D eigenvalue weighted by molar-refractivity contribution is 5.82. The van der Waals surface area contributed by atoms with Gasteiger partial charge in [0.15, 0.2) is 0 Å². The van der Waals surface area contributed by atoms with E-state index in [2.05, 4.69) is 5.32 Å². The van der Waals surface area contributed by atoms with Gasteiger partial charge in [0, 0.05) is 32.7 Å². The summed E-state index contributed by atoms with van der Waals surface area (Å²) >= 11 is 0. The lowest BCUT2D eigenvalue weighted by molar-refractivity contribution is -0.135. The van der Waals surface area contributed by atoms with E-state index >= 15 is 0 Å². The molecule has 0 aromatic heterocycles. The van der Waals surface area contributed by atoms with Crippen LogP contribution < -0.4 is 5.32 Å². The lowest BCUT2D eigenvalue weighted by Gasteiger charge is -2.37. The van der Waals surface area contributed by atoms with Crippen molar-refractivity contribution in [1.29, 1.82) is 0 Å². The summed E-state index contributed by atoms with van der Waals surface area (Å²) in [5.74, 6) is -0.658. The lowest BCUT2D eigenvalue weighted by Crippen LogP contribution is -2.48. The molecule has 0 radical (unpaired) electrons. The maximum Gasteiger partial charge on any atom is 0.227 e. The Morgan fingerprint density at radius 3 is 2.63 bits per heavy atom. The molecular formula is C24H29FN2O3. The third-order valence-electron chi connectivity index (χ3n) is 5.63. The van der Waals surface area contributed by atoms with E-state index < -0.39 is 0 Å². The van der Waals surface area contributed by atoms with Gasteiger partial charge in [0.25, 0.3) is 0 Å². The molecule has 1 fully saturated rings. The van der Waals surface area contributed by atoms with Gasteiger partial charge in [-0.15, -0.1) is 0 Å². The molecule has 1 saturated heterocycles. The highest BCUT2D eigenvalue weighted by Crippen LogP contribution is 2.31. The number of hydrogen-bond acceptors (Lipinski definition) is 3. The van der Waals surface area contributed by atoms with Crippen molar-refractivity contribution >= 4 is 11.8 Å². The summed E-state index contributed by atoms with van der Waals surface area (Å²) in [5, 5.41) is 2.89. The third kappa shape index (κ3) is 5.66. The highest BCUT2D eigenvalue weighted by atomic mass is 19.1. The van der Waals surface area contributed by atoms with E-state index in [0.29, 0.717) is 44.6 Å². The zero-order chi connectivity index (χ0) is 21.5. The largest absolute Gasteiger partial charge is 0.383 e. The Morgan fingerprint density at radius 1 is 1.17 bits per heavy atom. The van der Waals surface area contributed by atoms with Crippen LogP contribution in [-0.2, 0) is 20.7 Å². The van der Waals surface area contributed by atoms with Crippen LogP contribution in [0.4, 0.5) is 4.39 Å². The Kier molecular flexibility index (Phi) is 7.57. The Morgan fingerprint density at radius 2 is 1.93 bits per heavy atom. The molecule has 0 unspecified atom stereocenters. The van der Waals surface area contributed by atoms with Crippen molar-refractivity contribution in [3.05, 3.63) is 71.0 Å². The Hall–Kier alpha value is -2.73. The van der Waals surface area contributed by atoms with Crippen LogP contribution in [0.3, 0.4) is 0 Å². The number of carbonyl (C=O) groups excluding carboxylic acids is 2. The number of nitrogens with one attached hydrogen (secondary N) is 1. The minimum Gasteiger partial charge on any atom is -0.383 e. The summed E-state index contributed by atoms with van der Waals surface area (Å²) in [6.07, 6.45) is 0.924. The van der Waals surface area contributed by atoms with E-state index in [1.807, 2.05) is 36.4 Å². The van der Waals surface area contributed by atoms with E-state index in [1.165, 1.54) is 6.07 Å². The van der Waals surface area contributed by atoms with Gasteiger partial charge in [0.05, 0.1) is 18.9 Å². The summed E-state index contributed by atoms with van der Waals surface area (Å²) in [6.45, 7) is 3.52. The highest BCUT2D eigenvalue weighted by Gasteiger charge is 2.34. The summed E-state index contributed by atoms with van der Waals surface area (Å²) in [5.41, 5.74) is 2.48. The number of aryl methyl sites for hydroxylation is 1. The van der Waals surface area contributed by atoms with Gasteiger partial charge in [0.1, 0.15) is 5.82 Å². The van der Waals surface area contributed by atoms with Crippen LogP contribution in [0.25, 0.3) is 0 Å². The van der Waals surface area contributed by atoms with Crippen LogP contribution in [0.5, 0.6) is 0 Å². The van der Waals surface area contributed by atoms with E-state index in [1.54, 1.807) is 25.0 Å². The zero-order valence-electron chi connectivity index (χ0n) is 17.6. The molecule has 1 aliphatic rings. The number of piperidine rings is 1. The molecule has 2 aromatic rings. The van der Waals surface area contributed by atoms with Gasteiger partial charge < -0.3 is 15.0 Å². The number of carbonyl (C=O) groups is 2. The van der Waals surface area contributed by atoms with E-state index in [4.69, 9.17) is 4.74 Å². The summed E-state index contributed by atoms with van der Waals surface area (Å²) in [6, 6.07) is 14.6. The fourth-order valence-electron chi connectivity index (χ4n) is 3.96. The number of hydrogen-bond donors (Lipinski definition) is 1. The molecule has 0 aliphatic carbocycles. The fourth-order valence-corrected chi connectivity index (χ4v) is 3.96. The maximum absolute atomic E-state index is 13.8.